The lowest BCUT2D eigenvalue weighted by atomic mass is 10.3. The fraction of sp³-hybridized carbons (Fsp3) is 0.235. The number of ether oxygens (including phenoxy) is 1. The van der Waals surface area contributed by atoms with Crippen LogP contribution in [0, 0.1) is 6.92 Å². The SMILES string of the molecule is CCOc1ccc2nc(SCc3cc(=O)n4c(C)csc4n3)[nH]c2c1. The lowest BCUT2D eigenvalue weighted by Gasteiger charge is -2.01. The predicted octanol–water partition coefficient (Wildman–Crippen LogP) is 3.63. The highest BCUT2D eigenvalue weighted by Gasteiger charge is 2.09. The summed E-state index contributed by atoms with van der Waals surface area (Å²) in [5.41, 5.74) is 3.46. The summed E-state index contributed by atoms with van der Waals surface area (Å²) in [4.78, 5) is 25.4. The number of nitrogens with zero attached hydrogens (tertiary/aromatic N) is 3. The summed E-state index contributed by atoms with van der Waals surface area (Å²) in [5.74, 6) is 1.41. The first kappa shape index (κ1) is 16.2. The smallest absolute Gasteiger partial charge is 0.258 e. The van der Waals surface area contributed by atoms with Gasteiger partial charge in [0.05, 0.1) is 23.3 Å². The van der Waals surface area contributed by atoms with Crippen LogP contribution in [0.25, 0.3) is 16.0 Å². The molecular weight excluding hydrogens is 356 g/mol. The van der Waals surface area contributed by atoms with Gasteiger partial charge < -0.3 is 9.72 Å². The highest BCUT2D eigenvalue weighted by Crippen LogP contribution is 2.25. The van der Waals surface area contributed by atoms with E-state index >= 15 is 0 Å². The van der Waals surface area contributed by atoms with Crippen LogP contribution in [-0.2, 0) is 5.75 Å². The Morgan fingerprint density at radius 1 is 1.32 bits per heavy atom. The first-order chi connectivity index (χ1) is 12.1. The Labute approximate surface area is 151 Å². The lowest BCUT2D eigenvalue weighted by molar-refractivity contribution is 0.340. The molecule has 8 heteroatoms. The molecule has 3 heterocycles. The summed E-state index contributed by atoms with van der Waals surface area (Å²) < 4.78 is 7.14. The van der Waals surface area contributed by atoms with Gasteiger partial charge >= 0.3 is 0 Å². The van der Waals surface area contributed by atoms with Crippen molar-refractivity contribution < 1.29 is 4.74 Å². The maximum absolute atomic E-state index is 12.2. The van der Waals surface area contributed by atoms with Crippen molar-refractivity contribution in [3.63, 3.8) is 0 Å². The molecule has 25 heavy (non-hydrogen) atoms. The topological polar surface area (TPSA) is 72.3 Å². The number of thiazole rings is 1. The van der Waals surface area contributed by atoms with Crippen LogP contribution in [0.3, 0.4) is 0 Å². The molecule has 128 valence electrons. The fourth-order valence-corrected chi connectivity index (χ4v) is 4.28. The number of nitrogens with one attached hydrogen (secondary N) is 1. The zero-order chi connectivity index (χ0) is 17.4. The van der Waals surface area contributed by atoms with Crippen LogP contribution in [0.2, 0.25) is 0 Å². The van der Waals surface area contributed by atoms with Crippen LogP contribution < -0.4 is 10.3 Å². The molecule has 1 N–H and O–H groups in total. The van der Waals surface area contributed by atoms with Crippen LogP contribution in [0.5, 0.6) is 5.75 Å². The number of fused-ring (bicyclic) bond motifs is 2. The van der Waals surface area contributed by atoms with Crippen LogP contribution in [0.15, 0.2) is 39.6 Å². The molecule has 6 nitrogen and oxygen atoms in total. The first-order valence-electron chi connectivity index (χ1n) is 7.86. The first-order valence-corrected chi connectivity index (χ1v) is 9.72. The maximum atomic E-state index is 12.2. The molecule has 4 aromatic rings. The van der Waals surface area contributed by atoms with Crippen LogP contribution in [-0.4, -0.2) is 26.0 Å². The highest BCUT2D eigenvalue weighted by atomic mass is 32.2. The number of rotatable bonds is 5. The minimum Gasteiger partial charge on any atom is -0.494 e. The third kappa shape index (κ3) is 3.14. The molecule has 0 fully saturated rings. The van der Waals surface area contributed by atoms with Gasteiger partial charge in [0.25, 0.3) is 5.56 Å². The van der Waals surface area contributed by atoms with Gasteiger partial charge in [0.15, 0.2) is 10.1 Å². The summed E-state index contributed by atoms with van der Waals surface area (Å²) >= 11 is 3.01. The number of hydrogen-bond donors (Lipinski definition) is 1. The number of hydrogen-bond acceptors (Lipinski definition) is 6. The third-order valence-corrected chi connectivity index (χ3v) is 5.58. The van der Waals surface area contributed by atoms with Crippen LogP contribution in [0.1, 0.15) is 18.3 Å². The number of imidazole rings is 1. The van der Waals surface area contributed by atoms with E-state index in [-0.39, 0.29) is 5.56 Å². The van der Waals surface area contributed by atoms with Gasteiger partial charge in [0.1, 0.15) is 5.75 Å². The Kier molecular flexibility index (Phi) is 4.22. The van der Waals surface area contributed by atoms with E-state index in [1.165, 1.54) is 23.1 Å². The van der Waals surface area contributed by atoms with Crippen LogP contribution in [0.4, 0.5) is 0 Å². The molecular formula is C17H16N4O2S2. The minimum atomic E-state index is -0.0367. The number of thioether (sulfide) groups is 1. The Morgan fingerprint density at radius 3 is 3.04 bits per heavy atom. The Balaban J connectivity index is 1.56. The molecule has 0 spiro atoms. The second kappa shape index (κ2) is 6.53. The second-order valence-electron chi connectivity index (χ2n) is 5.52. The molecule has 0 radical (unpaired) electrons. The predicted molar refractivity (Wildman–Crippen MR) is 101 cm³/mol. The van der Waals surface area contributed by atoms with Crippen molar-refractivity contribution in [3.8, 4) is 5.75 Å². The van der Waals surface area contributed by atoms with E-state index in [0.717, 1.165) is 38.3 Å². The van der Waals surface area contributed by atoms with Crippen molar-refractivity contribution in [3.05, 3.63) is 51.4 Å². The van der Waals surface area contributed by atoms with Gasteiger partial charge in [-0.1, -0.05) is 11.8 Å². The van der Waals surface area contributed by atoms with Gasteiger partial charge in [-0.3, -0.25) is 9.20 Å². The molecule has 0 bridgehead atoms. The maximum Gasteiger partial charge on any atom is 0.258 e. The third-order valence-electron chi connectivity index (χ3n) is 3.73. The average Bonchev–Trinajstić information content (AvgIpc) is 3.16. The average molecular weight is 372 g/mol. The van der Waals surface area contributed by atoms with E-state index in [1.807, 2.05) is 37.4 Å². The molecule has 4 rings (SSSR count). The van der Waals surface area contributed by atoms with Crippen molar-refractivity contribution in [2.75, 3.05) is 6.61 Å². The van der Waals surface area contributed by atoms with E-state index in [4.69, 9.17) is 4.74 Å². The van der Waals surface area contributed by atoms with Crippen molar-refractivity contribution in [1.29, 1.82) is 0 Å². The van der Waals surface area contributed by atoms with E-state index in [9.17, 15) is 4.79 Å². The largest absolute Gasteiger partial charge is 0.494 e. The summed E-state index contributed by atoms with van der Waals surface area (Å²) in [7, 11) is 0. The van der Waals surface area contributed by atoms with Gasteiger partial charge in [0.2, 0.25) is 0 Å². The van der Waals surface area contributed by atoms with Crippen LogP contribution >= 0.6 is 23.1 Å². The Hall–Kier alpha value is -2.32. The second-order valence-corrected chi connectivity index (χ2v) is 7.32. The Bertz CT molecular complexity index is 1110. The molecule has 3 aromatic heterocycles. The van der Waals surface area contributed by atoms with E-state index < -0.39 is 0 Å². The number of aromatic amines is 1. The Morgan fingerprint density at radius 2 is 2.20 bits per heavy atom. The van der Waals surface area contributed by atoms with Crippen molar-refractivity contribution in [2.24, 2.45) is 0 Å². The molecule has 0 aliphatic carbocycles. The van der Waals surface area contributed by atoms with Crippen molar-refractivity contribution >= 4 is 39.1 Å². The van der Waals surface area contributed by atoms with Gasteiger partial charge in [-0.2, -0.15) is 0 Å². The summed E-state index contributed by atoms with van der Waals surface area (Å²) in [5, 5.41) is 2.74. The molecule has 0 aliphatic heterocycles. The molecule has 0 saturated heterocycles. The number of aryl methyl sites for hydroxylation is 1. The normalized spacial score (nSPS) is 11.4. The molecule has 0 saturated carbocycles. The zero-order valence-electron chi connectivity index (χ0n) is 13.8. The van der Waals surface area contributed by atoms with Crippen molar-refractivity contribution in [1.82, 2.24) is 19.4 Å². The van der Waals surface area contributed by atoms with Gasteiger partial charge in [-0.05, 0) is 26.0 Å². The fourth-order valence-electron chi connectivity index (χ4n) is 2.61. The molecule has 0 aliphatic rings. The minimum absolute atomic E-state index is 0.0367. The summed E-state index contributed by atoms with van der Waals surface area (Å²) in [6.45, 7) is 4.50. The lowest BCUT2D eigenvalue weighted by Crippen LogP contribution is -2.14. The summed E-state index contributed by atoms with van der Waals surface area (Å²) in [6, 6.07) is 7.39. The monoisotopic (exact) mass is 372 g/mol. The zero-order valence-corrected chi connectivity index (χ0v) is 15.4. The number of benzene rings is 1. The molecule has 1 aromatic carbocycles. The van der Waals surface area contributed by atoms with Gasteiger partial charge in [-0.15, -0.1) is 11.3 Å². The molecule has 0 unspecified atom stereocenters. The van der Waals surface area contributed by atoms with E-state index in [0.29, 0.717) is 12.4 Å². The van der Waals surface area contributed by atoms with E-state index in [2.05, 4.69) is 15.0 Å². The van der Waals surface area contributed by atoms with Gasteiger partial charge in [-0.25, -0.2) is 9.97 Å². The molecule has 0 atom stereocenters. The standard InChI is InChI=1S/C17H16N4O2S2/c1-3-23-12-4-5-13-14(7-12)20-16(19-13)24-9-11-6-15(22)21-10(2)8-25-17(21)18-11/h4-8H,3,9H2,1-2H3,(H,19,20). The van der Waals surface area contributed by atoms with Gasteiger partial charge in [0, 0.05) is 29.0 Å². The number of H-pyrrole nitrogens is 1. The summed E-state index contributed by atoms with van der Waals surface area (Å²) in [6.07, 6.45) is 0. The van der Waals surface area contributed by atoms with E-state index in [1.54, 1.807) is 10.5 Å². The highest BCUT2D eigenvalue weighted by molar-refractivity contribution is 7.98. The molecule has 0 amide bonds. The van der Waals surface area contributed by atoms with Crippen molar-refractivity contribution in [2.45, 2.75) is 24.8 Å². The number of aromatic nitrogens is 4. The quantitative estimate of drug-likeness (QED) is 0.542.